The van der Waals surface area contributed by atoms with Gasteiger partial charge in [0, 0.05) is 52.0 Å². The molecule has 0 radical (unpaired) electrons. The maximum absolute atomic E-state index is 14.0. The molecule has 0 bridgehead atoms. The van der Waals surface area contributed by atoms with Gasteiger partial charge >= 0.3 is 0 Å². The van der Waals surface area contributed by atoms with Crippen molar-refractivity contribution in [3.63, 3.8) is 0 Å². The van der Waals surface area contributed by atoms with Crippen LogP contribution in [0, 0.1) is 13.8 Å². The van der Waals surface area contributed by atoms with Gasteiger partial charge in [-0.1, -0.05) is 29.8 Å². The molecule has 1 spiro atoms. The van der Waals surface area contributed by atoms with Crippen LogP contribution in [0.5, 0.6) is 0 Å². The Kier molecular flexibility index (Phi) is 5.44. The van der Waals surface area contributed by atoms with Crippen LogP contribution in [0.3, 0.4) is 0 Å². The van der Waals surface area contributed by atoms with Crippen LogP contribution in [0.15, 0.2) is 53.5 Å². The van der Waals surface area contributed by atoms with Crippen molar-refractivity contribution >= 4 is 22.6 Å². The first-order chi connectivity index (χ1) is 16.9. The number of rotatable bonds is 3. The quantitative estimate of drug-likeness (QED) is 0.458. The average molecular weight is 488 g/mol. The number of pyridine rings is 2. The molecule has 2 saturated heterocycles. The number of aromatic nitrogens is 4. The molecule has 178 valence electrons. The Labute approximate surface area is 208 Å². The first kappa shape index (κ1) is 22.3. The minimum atomic E-state index is -0.214. The van der Waals surface area contributed by atoms with E-state index in [2.05, 4.69) is 20.3 Å². The van der Waals surface area contributed by atoms with Crippen LogP contribution in [0.4, 0.5) is 0 Å². The first-order valence-corrected chi connectivity index (χ1v) is 12.3. The number of hydrogen-bond donors (Lipinski definition) is 1. The van der Waals surface area contributed by atoms with Crippen LogP contribution in [0.2, 0.25) is 5.02 Å². The third-order valence-electron chi connectivity index (χ3n) is 7.10. The van der Waals surface area contributed by atoms with Crippen LogP contribution < -0.4 is 10.9 Å². The maximum atomic E-state index is 14.0. The molecule has 2 unspecified atom stereocenters. The van der Waals surface area contributed by atoms with E-state index in [1.165, 1.54) is 0 Å². The first-order valence-electron chi connectivity index (χ1n) is 11.9. The van der Waals surface area contributed by atoms with Crippen molar-refractivity contribution in [3.05, 3.63) is 75.6 Å². The summed E-state index contributed by atoms with van der Waals surface area (Å²) in [5, 5.41) is 4.70. The Bertz CT molecular complexity index is 1510. The van der Waals surface area contributed by atoms with Crippen LogP contribution in [-0.4, -0.2) is 44.8 Å². The van der Waals surface area contributed by atoms with Gasteiger partial charge in [0.1, 0.15) is 11.5 Å². The molecule has 6 rings (SSSR count). The van der Waals surface area contributed by atoms with Crippen LogP contribution >= 0.6 is 11.6 Å². The maximum Gasteiger partial charge on any atom is 0.260 e. The largest absolute Gasteiger partial charge is 0.371 e. The minimum Gasteiger partial charge on any atom is -0.371 e. The van der Waals surface area contributed by atoms with Crippen LogP contribution in [0.1, 0.15) is 30.4 Å². The van der Waals surface area contributed by atoms with Gasteiger partial charge in [-0.05, 0) is 51.1 Å². The van der Waals surface area contributed by atoms with Crippen molar-refractivity contribution < 1.29 is 4.74 Å². The van der Waals surface area contributed by atoms with Gasteiger partial charge in [0.25, 0.3) is 5.56 Å². The Balaban J connectivity index is 1.49. The van der Waals surface area contributed by atoms with Crippen molar-refractivity contribution in [1.29, 1.82) is 0 Å². The molecule has 35 heavy (non-hydrogen) atoms. The van der Waals surface area contributed by atoms with Gasteiger partial charge in [0.15, 0.2) is 0 Å². The molecule has 0 saturated carbocycles. The molecule has 3 aromatic heterocycles. The summed E-state index contributed by atoms with van der Waals surface area (Å²) in [6.07, 6.45) is 3.50. The van der Waals surface area contributed by atoms with E-state index in [1.54, 1.807) is 10.8 Å². The van der Waals surface area contributed by atoms with E-state index in [0.29, 0.717) is 34.2 Å². The molecule has 4 aromatic rings. The van der Waals surface area contributed by atoms with Gasteiger partial charge in [0.05, 0.1) is 23.9 Å². The van der Waals surface area contributed by atoms with Crippen molar-refractivity contribution in [2.75, 3.05) is 19.7 Å². The highest BCUT2D eigenvalue weighted by molar-refractivity contribution is 6.33. The average Bonchev–Trinajstić information content (AvgIpc) is 3.48. The topological polar surface area (TPSA) is 81.9 Å². The number of aryl methyl sites for hydroxylation is 2. The predicted octanol–water partition coefficient (Wildman–Crippen LogP) is 4.48. The van der Waals surface area contributed by atoms with Gasteiger partial charge in [-0.2, -0.15) is 0 Å². The summed E-state index contributed by atoms with van der Waals surface area (Å²) < 4.78 is 8.05. The SMILES string of the molecule is Cc1cccc(-c2ccc(-c3cc4cnc(C)nc4n(C4COC5(CCNC5)C4)c3=O)c(Cl)c2)n1. The Morgan fingerprint density at radius 1 is 1.14 bits per heavy atom. The van der Waals surface area contributed by atoms with Crippen molar-refractivity contribution in [3.8, 4) is 22.4 Å². The van der Waals surface area contributed by atoms with Gasteiger partial charge < -0.3 is 10.1 Å². The zero-order valence-corrected chi connectivity index (χ0v) is 20.5. The molecule has 7 nitrogen and oxygen atoms in total. The fourth-order valence-corrected chi connectivity index (χ4v) is 5.62. The second-order valence-corrected chi connectivity index (χ2v) is 9.97. The van der Waals surface area contributed by atoms with Crippen molar-refractivity contribution in [2.24, 2.45) is 0 Å². The fourth-order valence-electron chi connectivity index (χ4n) is 5.34. The molecule has 2 atom stereocenters. The van der Waals surface area contributed by atoms with E-state index in [1.807, 2.05) is 56.3 Å². The minimum absolute atomic E-state index is 0.103. The molecule has 1 N–H and O–H groups in total. The van der Waals surface area contributed by atoms with Gasteiger partial charge in [-0.25, -0.2) is 9.97 Å². The second-order valence-electron chi connectivity index (χ2n) is 9.57. The zero-order chi connectivity index (χ0) is 24.2. The molecule has 2 aliphatic rings. The molecule has 2 aliphatic heterocycles. The number of halogens is 1. The molecule has 0 aliphatic carbocycles. The zero-order valence-electron chi connectivity index (χ0n) is 19.7. The number of nitrogens with one attached hydrogen (secondary N) is 1. The standard InChI is InChI=1S/C27H26ClN5O2/c1-16-4-3-5-24(31-16)18-6-7-21(23(28)11-18)22-10-19-13-30-17(2)32-25(19)33(26(22)34)20-12-27(35-14-20)8-9-29-15-27/h3-7,10-11,13,20,29H,8-9,12,14-15H2,1-2H3. The van der Waals surface area contributed by atoms with Gasteiger partial charge in [-0.3, -0.25) is 14.3 Å². The van der Waals surface area contributed by atoms with E-state index in [0.717, 1.165) is 48.3 Å². The molecule has 8 heteroatoms. The van der Waals surface area contributed by atoms with Gasteiger partial charge in [-0.15, -0.1) is 0 Å². The summed E-state index contributed by atoms with van der Waals surface area (Å²) in [4.78, 5) is 27.6. The normalized spacial score (nSPS) is 21.9. The summed E-state index contributed by atoms with van der Waals surface area (Å²) in [7, 11) is 0. The summed E-state index contributed by atoms with van der Waals surface area (Å²) in [5.74, 6) is 0.627. The van der Waals surface area contributed by atoms with E-state index in [4.69, 9.17) is 16.3 Å². The lowest BCUT2D eigenvalue weighted by Gasteiger charge is -2.21. The lowest BCUT2D eigenvalue weighted by atomic mass is 9.96. The van der Waals surface area contributed by atoms with E-state index < -0.39 is 0 Å². The van der Waals surface area contributed by atoms with Crippen LogP contribution in [0.25, 0.3) is 33.4 Å². The highest BCUT2D eigenvalue weighted by atomic mass is 35.5. The molecule has 5 heterocycles. The summed E-state index contributed by atoms with van der Waals surface area (Å²) in [6, 6.07) is 13.4. The Hall–Kier alpha value is -3.13. The second kappa shape index (κ2) is 8.52. The number of fused-ring (bicyclic) bond motifs is 1. The monoisotopic (exact) mass is 487 g/mol. The van der Waals surface area contributed by atoms with E-state index in [9.17, 15) is 4.79 Å². The van der Waals surface area contributed by atoms with E-state index >= 15 is 0 Å². The fraction of sp³-hybridized carbons (Fsp3) is 0.333. The molecule has 2 fully saturated rings. The Morgan fingerprint density at radius 2 is 2.03 bits per heavy atom. The number of benzene rings is 1. The lowest BCUT2D eigenvalue weighted by Crippen LogP contribution is -2.32. The number of hydrogen-bond acceptors (Lipinski definition) is 6. The summed E-state index contributed by atoms with van der Waals surface area (Å²) in [5.41, 5.74) is 4.21. The highest BCUT2D eigenvalue weighted by Gasteiger charge is 2.44. The summed E-state index contributed by atoms with van der Waals surface area (Å²) >= 11 is 6.77. The van der Waals surface area contributed by atoms with Crippen LogP contribution in [-0.2, 0) is 4.74 Å². The molecular formula is C27H26ClN5O2. The van der Waals surface area contributed by atoms with Crippen molar-refractivity contribution in [2.45, 2.75) is 38.3 Å². The predicted molar refractivity (Wildman–Crippen MR) is 137 cm³/mol. The Morgan fingerprint density at radius 3 is 2.80 bits per heavy atom. The molecule has 0 amide bonds. The molecule has 1 aromatic carbocycles. The number of nitrogens with zero attached hydrogens (tertiary/aromatic N) is 4. The van der Waals surface area contributed by atoms with Gasteiger partial charge in [0.2, 0.25) is 0 Å². The molecular weight excluding hydrogens is 462 g/mol. The highest BCUT2D eigenvalue weighted by Crippen LogP contribution is 2.39. The smallest absolute Gasteiger partial charge is 0.260 e. The third kappa shape index (κ3) is 3.93. The number of ether oxygens (including phenoxy) is 1. The van der Waals surface area contributed by atoms with Crippen molar-refractivity contribution in [1.82, 2.24) is 24.8 Å². The van der Waals surface area contributed by atoms with E-state index in [-0.39, 0.29) is 17.2 Å². The third-order valence-corrected chi connectivity index (χ3v) is 7.41. The lowest BCUT2D eigenvalue weighted by molar-refractivity contribution is 0.0206. The summed E-state index contributed by atoms with van der Waals surface area (Å²) in [6.45, 7) is 6.02.